The van der Waals surface area contributed by atoms with Crippen LogP contribution in [0.5, 0.6) is 0 Å². The number of likely N-dealkylation sites (tertiary alicyclic amines) is 1. The Labute approximate surface area is 156 Å². The molecule has 3 rings (SSSR count). The van der Waals surface area contributed by atoms with E-state index in [4.69, 9.17) is 17.3 Å². The predicted octanol–water partition coefficient (Wildman–Crippen LogP) is 3.52. The van der Waals surface area contributed by atoms with E-state index in [0.29, 0.717) is 35.1 Å². The lowest BCUT2D eigenvalue weighted by molar-refractivity contribution is -0.117. The third-order valence-electron chi connectivity index (χ3n) is 4.80. The van der Waals surface area contributed by atoms with Gasteiger partial charge in [-0.25, -0.2) is 0 Å². The molecule has 2 aliphatic rings. The van der Waals surface area contributed by atoms with Gasteiger partial charge < -0.3 is 11.1 Å². The quantitative estimate of drug-likeness (QED) is 0.783. The molecule has 0 bridgehead atoms. The molecule has 1 aromatic rings. The molecule has 0 spiro atoms. The fourth-order valence-electron chi connectivity index (χ4n) is 3.72. The molecule has 2 fully saturated rings. The van der Waals surface area contributed by atoms with Crippen LogP contribution >= 0.6 is 39.9 Å². The molecule has 1 heterocycles. The van der Waals surface area contributed by atoms with Crippen molar-refractivity contribution in [3.8, 4) is 0 Å². The van der Waals surface area contributed by atoms with Crippen molar-refractivity contribution < 1.29 is 4.79 Å². The smallest absolute Gasteiger partial charge is 0.238 e. The Morgan fingerprint density at radius 1 is 1.39 bits per heavy atom. The van der Waals surface area contributed by atoms with Crippen LogP contribution in [0.2, 0.25) is 5.02 Å². The summed E-state index contributed by atoms with van der Waals surface area (Å²) < 4.78 is 0.896. The number of hydrogen-bond acceptors (Lipinski definition) is 3. The first-order valence-corrected chi connectivity index (χ1v) is 8.93. The minimum Gasteiger partial charge on any atom is -0.327 e. The van der Waals surface area contributed by atoms with Crippen LogP contribution in [-0.2, 0) is 4.79 Å². The van der Waals surface area contributed by atoms with Gasteiger partial charge >= 0.3 is 0 Å². The number of nitrogens with two attached hydrogens (primary N) is 1. The Kier molecular flexibility index (Phi) is 6.75. The highest BCUT2D eigenvalue weighted by Gasteiger charge is 2.38. The van der Waals surface area contributed by atoms with Gasteiger partial charge in [0, 0.05) is 23.6 Å². The minimum absolute atomic E-state index is 0. The summed E-state index contributed by atoms with van der Waals surface area (Å²) in [6, 6.07) is 5.75. The van der Waals surface area contributed by atoms with Gasteiger partial charge in [0.2, 0.25) is 5.91 Å². The molecule has 3 atom stereocenters. The van der Waals surface area contributed by atoms with Crippen LogP contribution < -0.4 is 11.1 Å². The average molecular weight is 423 g/mol. The fourth-order valence-corrected chi connectivity index (χ4v) is 4.44. The first-order valence-electron chi connectivity index (χ1n) is 7.76. The highest BCUT2D eigenvalue weighted by atomic mass is 79.9. The van der Waals surface area contributed by atoms with Gasteiger partial charge in [0.15, 0.2) is 0 Å². The normalized spacial score (nSPS) is 27.2. The summed E-state index contributed by atoms with van der Waals surface area (Å²) >= 11 is 9.49. The Hall–Kier alpha value is -0.330. The SMILES string of the molecule is Cl.NC1CCCC2CN(CC(=O)Nc3ccc(Br)cc3Cl)CC12. The highest BCUT2D eigenvalue weighted by molar-refractivity contribution is 9.10. The maximum atomic E-state index is 12.2. The molecular formula is C16H22BrCl2N3O. The predicted molar refractivity (Wildman–Crippen MR) is 100 cm³/mol. The second kappa shape index (κ2) is 8.17. The molecule has 1 saturated carbocycles. The number of anilines is 1. The van der Waals surface area contributed by atoms with E-state index in [9.17, 15) is 4.79 Å². The van der Waals surface area contributed by atoms with E-state index in [1.165, 1.54) is 12.8 Å². The first-order chi connectivity index (χ1) is 10.5. The maximum absolute atomic E-state index is 12.2. The lowest BCUT2D eigenvalue weighted by atomic mass is 9.78. The Bertz CT molecular complexity index is 572. The van der Waals surface area contributed by atoms with Gasteiger partial charge in [-0.1, -0.05) is 34.0 Å². The summed E-state index contributed by atoms with van der Waals surface area (Å²) in [6.45, 7) is 2.33. The lowest BCUT2D eigenvalue weighted by Crippen LogP contribution is -2.38. The van der Waals surface area contributed by atoms with Gasteiger partial charge in [-0.05, 0) is 42.9 Å². The molecule has 3 N–H and O–H groups in total. The number of hydrogen-bond donors (Lipinski definition) is 2. The Balaban J connectivity index is 0.00000192. The number of fused-ring (bicyclic) bond motifs is 1. The van der Waals surface area contributed by atoms with Gasteiger partial charge in [-0.3, -0.25) is 9.69 Å². The van der Waals surface area contributed by atoms with E-state index in [0.717, 1.165) is 24.0 Å². The highest BCUT2D eigenvalue weighted by Crippen LogP contribution is 2.35. The number of amides is 1. The monoisotopic (exact) mass is 421 g/mol. The second-order valence-corrected chi connectivity index (χ2v) is 7.71. The largest absolute Gasteiger partial charge is 0.327 e. The van der Waals surface area contributed by atoms with E-state index in [1.807, 2.05) is 12.1 Å². The summed E-state index contributed by atoms with van der Waals surface area (Å²) in [4.78, 5) is 14.5. The van der Waals surface area contributed by atoms with Crippen molar-refractivity contribution >= 4 is 51.5 Å². The van der Waals surface area contributed by atoms with Crippen molar-refractivity contribution in [2.24, 2.45) is 17.6 Å². The molecule has 23 heavy (non-hydrogen) atoms. The van der Waals surface area contributed by atoms with Crippen molar-refractivity contribution in [1.82, 2.24) is 4.90 Å². The van der Waals surface area contributed by atoms with Crippen LogP contribution in [0.4, 0.5) is 5.69 Å². The molecule has 128 valence electrons. The summed E-state index contributed by atoms with van der Waals surface area (Å²) in [5.74, 6) is 1.20. The first kappa shape index (κ1) is 19.0. The molecule has 1 aromatic carbocycles. The van der Waals surface area contributed by atoms with Crippen molar-refractivity contribution in [2.45, 2.75) is 25.3 Å². The Morgan fingerprint density at radius 3 is 2.87 bits per heavy atom. The molecule has 7 heteroatoms. The maximum Gasteiger partial charge on any atom is 0.238 e. The van der Waals surface area contributed by atoms with Crippen molar-refractivity contribution in [3.63, 3.8) is 0 Å². The van der Waals surface area contributed by atoms with Crippen molar-refractivity contribution in [2.75, 3.05) is 25.0 Å². The van der Waals surface area contributed by atoms with E-state index < -0.39 is 0 Å². The van der Waals surface area contributed by atoms with Crippen LogP contribution in [0.25, 0.3) is 0 Å². The number of benzene rings is 1. The molecule has 1 amide bonds. The average Bonchev–Trinajstić information content (AvgIpc) is 2.86. The van der Waals surface area contributed by atoms with E-state index in [2.05, 4.69) is 26.1 Å². The number of nitrogens with one attached hydrogen (secondary N) is 1. The van der Waals surface area contributed by atoms with Crippen molar-refractivity contribution in [1.29, 1.82) is 0 Å². The Morgan fingerprint density at radius 2 is 2.17 bits per heavy atom. The van der Waals surface area contributed by atoms with Crippen LogP contribution in [0.1, 0.15) is 19.3 Å². The summed E-state index contributed by atoms with van der Waals surface area (Å²) in [6.07, 6.45) is 3.58. The zero-order valence-electron chi connectivity index (χ0n) is 12.8. The van der Waals surface area contributed by atoms with Gasteiger partial charge in [-0.15, -0.1) is 12.4 Å². The van der Waals surface area contributed by atoms with E-state index in [1.54, 1.807) is 6.07 Å². The number of nitrogens with zero attached hydrogens (tertiary/aromatic N) is 1. The summed E-state index contributed by atoms with van der Waals surface area (Å²) in [5.41, 5.74) is 6.88. The molecular weight excluding hydrogens is 401 g/mol. The number of carbonyl (C=O) groups excluding carboxylic acids is 1. The van der Waals surface area contributed by atoms with Crippen LogP contribution in [0, 0.1) is 11.8 Å². The van der Waals surface area contributed by atoms with Gasteiger partial charge in [0.1, 0.15) is 0 Å². The van der Waals surface area contributed by atoms with E-state index in [-0.39, 0.29) is 18.3 Å². The molecule has 0 radical (unpaired) electrons. The third-order valence-corrected chi connectivity index (χ3v) is 5.61. The minimum atomic E-state index is -0.0172. The summed E-state index contributed by atoms with van der Waals surface area (Å²) in [5, 5.41) is 3.43. The number of rotatable bonds is 3. The third kappa shape index (κ3) is 4.60. The zero-order valence-corrected chi connectivity index (χ0v) is 16.0. The molecule has 3 unspecified atom stereocenters. The molecule has 4 nitrogen and oxygen atoms in total. The molecule has 1 aliphatic heterocycles. The van der Waals surface area contributed by atoms with Crippen molar-refractivity contribution in [3.05, 3.63) is 27.7 Å². The molecule has 0 aromatic heterocycles. The lowest BCUT2D eigenvalue weighted by Gasteiger charge is -2.29. The second-order valence-electron chi connectivity index (χ2n) is 6.39. The topological polar surface area (TPSA) is 58.4 Å². The molecule has 1 aliphatic carbocycles. The van der Waals surface area contributed by atoms with Crippen LogP contribution in [-0.4, -0.2) is 36.5 Å². The molecule has 1 saturated heterocycles. The van der Waals surface area contributed by atoms with Crippen LogP contribution in [0.3, 0.4) is 0 Å². The van der Waals surface area contributed by atoms with Crippen LogP contribution in [0.15, 0.2) is 22.7 Å². The van der Waals surface area contributed by atoms with Gasteiger partial charge in [0.25, 0.3) is 0 Å². The summed E-state index contributed by atoms with van der Waals surface area (Å²) in [7, 11) is 0. The fraction of sp³-hybridized carbons (Fsp3) is 0.562. The number of carbonyl (C=O) groups is 1. The van der Waals surface area contributed by atoms with Gasteiger partial charge in [0.05, 0.1) is 17.3 Å². The number of halogens is 3. The van der Waals surface area contributed by atoms with Gasteiger partial charge in [-0.2, -0.15) is 0 Å². The standard InChI is InChI=1S/C16H21BrClN3O.ClH/c17-11-4-5-15(13(18)6-11)20-16(22)9-21-7-10-2-1-3-14(19)12(10)8-21;/h4-6,10,12,14H,1-3,7-9,19H2,(H,20,22);1H. The van der Waals surface area contributed by atoms with E-state index >= 15 is 0 Å². The zero-order chi connectivity index (χ0) is 15.7.